The van der Waals surface area contributed by atoms with Crippen molar-refractivity contribution in [3.8, 4) is 0 Å². The SMILES string of the molecule is O=S1(=O)CC[C@H](N2CCN(c3nc4ccccc4s3)CC2)C1. The highest BCUT2D eigenvalue weighted by atomic mass is 32.2. The van der Waals surface area contributed by atoms with Gasteiger partial charge < -0.3 is 4.90 Å². The second-order valence-corrected chi connectivity index (χ2v) is 9.28. The number of aromatic nitrogens is 1. The molecule has 2 aromatic rings. The molecule has 5 nitrogen and oxygen atoms in total. The van der Waals surface area contributed by atoms with Crippen LogP contribution in [0.1, 0.15) is 6.42 Å². The molecular weight excluding hydrogens is 318 g/mol. The molecule has 7 heteroatoms. The van der Waals surface area contributed by atoms with E-state index >= 15 is 0 Å². The Kier molecular flexibility index (Phi) is 3.58. The number of piperazine rings is 1. The Morgan fingerprint density at radius 3 is 2.59 bits per heavy atom. The lowest BCUT2D eigenvalue weighted by Gasteiger charge is -2.37. The highest BCUT2D eigenvalue weighted by molar-refractivity contribution is 7.91. The van der Waals surface area contributed by atoms with Gasteiger partial charge in [0.1, 0.15) is 0 Å². The predicted octanol–water partition coefficient (Wildman–Crippen LogP) is 1.61. The number of hydrogen-bond donors (Lipinski definition) is 0. The van der Waals surface area contributed by atoms with Gasteiger partial charge in [-0.15, -0.1) is 0 Å². The maximum Gasteiger partial charge on any atom is 0.186 e. The van der Waals surface area contributed by atoms with Gasteiger partial charge in [-0.1, -0.05) is 23.5 Å². The molecule has 0 aliphatic carbocycles. The molecule has 1 atom stereocenters. The number of sulfone groups is 1. The van der Waals surface area contributed by atoms with Crippen LogP contribution < -0.4 is 4.90 Å². The first-order valence-corrected chi connectivity index (χ1v) is 10.3. The van der Waals surface area contributed by atoms with Crippen molar-refractivity contribution < 1.29 is 8.42 Å². The maximum atomic E-state index is 11.6. The van der Waals surface area contributed by atoms with E-state index in [1.54, 1.807) is 11.3 Å². The fourth-order valence-corrected chi connectivity index (χ4v) is 6.12. The number of para-hydroxylation sites is 1. The van der Waals surface area contributed by atoms with E-state index < -0.39 is 9.84 Å². The fraction of sp³-hybridized carbons (Fsp3) is 0.533. The molecule has 0 bridgehead atoms. The van der Waals surface area contributed by atoms with Gasteiger partial charge in [0, 0.05) is 32.2 Å². The molecule has 0 radical (unpaired) electrons. The average molecular weight is 337 g/mol. The van der Waals surface area contributed by atoms with Gasteiger partial charge in [0.15, 0.2) is 15.0 Å². The third-order valence-electron chi connectivity index (χ3n) is 4.59. The van der Waals surface area contributed by atoms with Gasteiger partial charge in [-0.3, -0.25) is 4.90 Å². The first kappa shape index (κ1) is 14.4. The van der Waals surface area contributed by atoms with Crippen molar-refractivity contribution >= 4 is 36.5 Å². The van der Waals surface area contributed by atoms with Crippen LogP contribution in [0.5, 0.6) is 0 Å². The van der Waals surface area contributed by atoms with Crippen molar-refractivity contribution in [2.24, 2.45) is 0 Å². The number of thiazole rings is 1. The molecule has 3 heterocycles. The van der Waals surface area contributed by atoms with Crippen LogP contribution in [0.2, 0.25) is 0 Å². The van der Waals surface area contributed by atoms with Gasteiger partial charge in [-0.05, 0) is 18.6 Å². The quantitative estimate of drug-likeness (QED) is 0.833. The zero-order valence-corrected chi connectivity index (χ0v) is 13.9. The van der Waals surface area contributed by atoms with E-state index in [4.69, 9.17) is 4.98 Å². The van der Waals surface area contributed by atoms with E-state index in [-0.39, 0.29) is 6.04 Å². The first-order valence-electron chi connectivity index (χ1n) is 7.66. The van der Waals surface area contributed by atoms with Crippen molar-refractivity contribution in [1.29, 1.82) is 0 Å². The van der Waals surface area contributed by atoms with Gasteiger partial charge in [0.2, 0.25) is 0 Å². The van der Waals surface area contributed by atoms with E-state index in [0.29, 0.717) is 11.5 Å². The summed E-state index contributed by atoms with van der Waals surface area (Å²) in [4.78, 5) is 9.38. The van der Waals surface area contributed by atoms with Gasteiger partial charge in [0.05, 0.1) is 21.7 Å². The maximum absolute atomic E-state index is 11.6. The van der Waals surface area contributed by atoms with Crippen LogP contribution in [0.15, 0.2) is 24.3 Å². The highest BCUT2D eigenvalue weighted by Crippen LogP contribution is 2.29. The smallest absolute Gasteiger partial charge is 0.186 e. The normalized spacial score (nSPS) is 25.8. The molecular formula is C15H19N3O2S2. The van der Waals surface area contributed by atoms with Gasteiger partial charge >= 0.3 is 0 Å². The van der Waals surface area contributed by atoms with E-state index in [9.17, 15) is 8.42 Å². The minimum absolute atomic E-state index is 0.225. The second-order valence-electron chi connectivity index (χ2n) is 6.04. The lowest BCUT2D eigenvalue weighted by atomic mass is 10.2. The summed E-state index contributed by atoms with van der Waals surface area (Å²) in [5.41, 5.74) is 1.06. The zero-order valence-electron chi connectivity index (χ0n) is 12.3. The van der Waals surface area contributed by atoms with Crippen LogP contribution in [0.4, 0.5) is 5.13 Å². The van der Waals surface area contributed by atoms with Crippen LogP contribution in [-0.4, -0.2) is 62.0 Å². The van der Waals surface area contributed by atoms with E-state index in [2.05, 4.69) is 21.9 Å². The minimum atomic E-state index is -2.79. The van der Waals surface area contributed by atoms with Crippen molar-refractivity contribution in [3.05, 3.63) is 24.3 Å². The third kappa shape index (κ3) is 2.73. The molecule has 1 aromatic carbocycles. The third-order valence-corrected chi connectivity index (χ3v) is 7.44. The molecule has 0 spiro atoms. The second kappa shape index (κ2) is 5.47. The number of hydrogen-bond acceptors (Lipinski definition) is 6. The summed E-state index contributed by atoms with van der Waals surface area (Å²) >= 11 is 1.74. The molecule has 0 saturated carbocycles. The predicted molar refractivity (Wildman–Crippen MR) is 90.5 cm³/mol. The molecule has 2 aliphatic rings. The van der Waals surface area contributed by atoms with Crippen LogP contribution in [-0.2, 0) is 9.84 Å². The van der Waals surface area contributed by atoms with Crippen molar-refractivity contribution in [3.63, 3.8) is 0 Å². The van der Waals surface area contributed by atoms with Crippen LogP contribution in [0.3, 0.4) is 0 Å². The standard InChI is InChI=1S/C15H19N3O2S2/c19-22(20)10-5-12(11-22)17-6-8-18(9-7-17)15-16-13-3-1-2-4-14(13)21-15/h1-4,12H,5-11H2/t12-/m0/s1. The molecule has 4 rings (SSSR count). The molecule has 2 fully saturated rings. The molecule has 0 unspecified atom stereocenters. The van der Waals surface area contributed by atoms with Gasteiger partial charge in [0.25, 0.3) is 0 Å². The van der Waals surface area contributed by atoms with Gasteiger partial charge in [-0.25, -0.2) is 13.4 Å². The number of nitrogens with zero attached hydrogens (tertiary/aromatic N) is 3. The number of fused-ring (bicyclic) bond motifs is 1. The molecule has 2 aliphatic heterocycles. The van der Waals surface area contributed by atoms with Gasteiger partial charge in [-0.2, -0.15) is 0 Å². The summed E-state index contributed by atoms with van der Waals surface area (Å²) in [6, 6.07) is 8.44. The molecule has 0 N–H and O–H groups in total. The Labute approximate surface area is 134 Å². The highest BCUT2D eigenvalue weighted by Gasteiger charge is 2.33. The van der Waals surface area contributed by atoms with Crippen LogP contribution in [0, 0.1) is 0 Å². The fourth-order valence-electron chi connectivity index (χ4n) is 3.34. The summed E-state index contributed by atoms with van der Waals surface area (Å²) in [5, 5.41) is 1.08. The number of anilines is 1. The zero-order chi connectivity index (χ0) is 15.2. The lowest BCUT2D eigenvalue weighted by molar-refractivity contribution is 0.200. The van der Waals surface area contributed by atoms with E-state index in [1.165, 1.54) is 4.70 Å². The van der Waals surface area contributed by atoms with Crippen LogP contribution >= 0.6 is 11.3 Å². The topological polar surface area (TPSA) is 53.5 Å². The average Bonchev–Trinajstić information content (AvgIpc) is 3.10. The van der Waals surface area contributed by atoms with Crippen LogP contribution in [0.25, 0.3) is 10.2 Å². The summed E-state index contributed by atoms with van der Waals surface area (Å²) in [6.07, 6.45) is 0.795. The Bertz CT molecular complexity index is 746. The lowest BCUT2D eigenvalue weighted by Crippen LogP contribution is -2.50. The first-order chi connectivity index (χ1) is 10.6. The van der Waals surface area contributed by atoms with E-state index in [0.717, 1.165) is 43.2 Å². The molecule has 0 amide bonds. The molecule has 2 saturated heterocycles. The summed E-state index contributed by atoms with van der Waals surface area (Å²) in [6.45, 7) is 3.71. The minimum Gasteiger partial charge on any atom is -0.345 e. The summed E-state index contributed by atoms with van der Waals surface area (Å²) < 4.78 is 24.5. The Morgan fingerprint density at radius 1 is 1.14 bits per heavy atom. The Balaban J connectivity index is 1.43. The molecule has 118 valence electrons. The summed E-state index contributed by atoms with van der Waals surface area (Å²) in [5.74, 6) is 0.698. The number of rotatable bonds is 2. The summed E-state index contributed by atoms with van der Waals surface area (Å²) in [7, 11) is -2.79. The number of benzene rings is 1. The van der Waals surface area contributed by atoms with Crippen molar-refractivity contribution in [2.45, 2.75) is 12.5 Å². The van der Waals surface area contributed by atoms with Crippen molar-refractivity contribution in [1.82, 2.24) is 9.88 Å². The molecule has 1 aromatic heterocycles. The Morgan fingerprint density at radius 2 is 1.91 bits per heavy atom. The molecule has 22 heavy (non-hydrogen) atoms. The Hall–Kier alpha value is -1.18. The monoisotopic (exact) mass is 337 g/mol. The van der Waals surface area contributed by atoms with Crippen molar-refractivity contribution in [2.75, 3.05) is 42.6 Å². The largest absolute Gasteiger partial charge is 0.345 e. The van der Waals surface area contributed by atoms with E-state index in [1.807, 2.05) is 12.1 Å².